The minimum Gasteiger partial charge on any atom is -0.500 e. The highest BCUT2D eigenvalue weighted by molar-refractivity contribution is 5.86. The molecule has 0 amide bonds. The number of hydrogen-bond donors (Lipinski definition) is 1. The molecule has 6 rings (SSSR count). The van der Waals surface area contributed by atoms with E-state index in [2.05, 4.69) is 56.9 Å². The van der Waals surface area contributed by atoms with Gasteiger partial charge >= 0.3 is 5.56 Å². The van der Waals surface area contributed by atoms with Crippen LogP contribution in [0.2, 0.25) is 0 Å². The summed E-state index contributed by atoms with van der Waals surface area (Å²) in [6.07, 6.45) is 7.66. The highest BCUT2D eigenvalue weighted by Gasteiger charge is 2.41. The van der Waals surface area contributed by atoms with Crippen LogP contribution in [-0.4, -0.2) is 27.2 Å². The van der Waals surface area contributed by atoms with Crippen LogP contribution in [0.5, 0.6) is 5.75 Å². The molecule has 1 aliphatic heterocycles. The fourth-order valence-corrected chi connectivity index (χ4v) is 5.88. The Morgan fingerprint density at radius 1 is 1.03 bits per heavy atom. The number of aromatic hydroxyl groups is 1. The van der Waals surface area contributed by atoms with Gasteiger partial charge in [0.1, 0.15) is 5.82 Å². The normalized spacial score (nSPS) is 20.1. The van der Waals surface area contributed by atoms with Crippen molar-refractivity contribution in [2.45, 2.75) is 62.9 Å². The zero-order valence-corrected chi connectivity index (χ0v) is 17.2. The molecule has 0 atom stereocenters. The quantitative estimate of drug-likeness (QED) is 0.714. The third kappa shape index (κ3) is 2.68. The summed E-state index contributed by atoms with van der Waals surface area (Å²) >= 11 is 0. The van der Waals surface area contributed by atoms with Crippen molar-refractivity contribution >= 4 is 16.6 Å². The fourth-order valence-electron chi connectivity index (χ4n) is 5.88. The molecule has 2 aliphatic carbocycles. The van der Waals surface area contributed by atoms with Crippen molar-refractivity contribution in [1.82, 2.24) is 9.55 Å². The standard InChI is InChI=1S/C25H27N3O2/c29-22-23(30)26-21(28-15-14-27(24(22)28)18-10-11-18)16-25(12-3-4-13-25)20-9-5-7-17-6-1-2-8-19(17)20/h1-2,5-9,18,29H,3-4,10-16H2. The van der Waals surface area contributed by atoms with Crippen molar-refractivity contribution in [1.29, 1.82) is 0 Å². The lowest BCUT2D eigenvalue weighted by molar-refractivity contribution is 0.413. The molecule has 0 spiro atoms. The van der Waals surface area contributed by atoms with Crippen molar-refractivity contribution in [3.63, 3.8) is 0 Å². The van der Waals surface area contributed by atoms with Crippen LogP contribution in [0.4, 0.5) is 5.82 Å². The van der Waals surface area contributed by atoms with Crippen molar-refractivity contribution in [3.8, 4) is 5.75 Å². The van der Waals surface area contributed by atoms with E-state index in [1.807, 2.05) is 0 Å². The van der Waals surface area contributed by atoms with Crippen molar-refractivity contribution in [2.24, 2.45) is 0 Å². The Bertz CT molecular complexity index is 1180. The van der Waals surface area contributed by atoms with Crippen molar-refractivity contribution < 1.29 is 5.11 Å². The molecule has 3 aliphatic rings. The summed E-state index contributed by atoms with van der Waals surface area (Å²) in [5.41, 5.74) is 0.895. The van der Waals surface area contributed by atoms with Crippen LogP contribution in [0, 0.1) is 0 Å². The average Bonchev–Trinajstić information content (AvgIpc) is 3.33. The third-order valence-electron chi connectivity index (χ3n) is 7.45. The van der Waals surface area contributed by atoms with Gasteiger partial charge in [-0.1, -0.05) is 55.3 Å². The maximum atomic E-state index is 12.6. The second-order valence-corrected chi connectivity index (χ2v) is 9.27. The van der Waals surface area contributed by atoms with Gasteiger partial charge in [0.15, 0.2) is 5.82 Å². The van der Waals surface area contributed by atoms with E-state index in [1.165, 1.54) is 29.2 Å². The molecule has 0 saturated heterocycles. The van der Waals surface area contributed by atoms with Crippen LogP contribution in [0.15, 0.2) is 47.3 Å². The Hall–Kier alpha value is -2.82. The molecule has 0 radical (unpaired) electrons. The van der Waals surface area contributed by atoms with E-state index in [0.29, 0.717) is 11.9 Å². The van der Waals surface area contributed by atoms with E-state index in [4.69, 9.17) is 0 Å². The molecule has 3 aromatic rings. The van der Waals surface area contributed by atoms with Crippen LogP contribution in [-0.2, 0) is 18.4 Å². The van der Waals surface area contributed by atoms with Crippen LogP contribution in [0.1, 0.15) is 49.9 Å². The van der Waals surface area contributed by atoms with Gasteiger partial charge < -0.3 is 14.6 Å². The number of benzene rings is 2. The molecule has 2 saturated carbocycles. The lowest BCUT2D eigenvalue weighted by atomic mass is 9.74. The van der Waals surface area contributed by atoms with E-state index in [9.17, 15) is 9.90 Å². The fraction of sp³-hybridized carbons (Fsp3) is 0.440. The summed E-state index contributed by atoms with van der Waals surface area (Å²) in [5, 5.41) is 13.1. The van der Waals surface area contributed by atoms with Crippen LogP contribution < -0.4 is 10.5 Å². The number of aromatic nitrogens is 2. The van der Waals surface area contributed by atoms with E-state index < -0.39 is 5.56 Å². The number of rotatable bonds is 4. The molecular formula is C25H27N3O2. The number of nitrogens with zero attached hydrogens (tertiary/aromatic N) is 3. The second kappa shape index (κ2) is 6.59. The molecule has 1 N–H and O–H groups in total. The number of fused-ring (bicyclic) bond motifs is 2. The van der Waals surface area contributed by atoms with Crippen molar-refractivity contribution in [2.75, 3.05) is 11.4 Å². The number of anilines is 1. The first-order chi connectivity index (χ1) is 14.7. The Balaban J connectivity index is 1.49. The minimum absolute atomic E-state index is 0.00888. The molecule has 2 heterocycles. The van der Waals surface area contributed by atoms with Crippen LogP contribution >= 0.6 is 0 Å². The Morgan fingerprint density at radius 3 is 2.60 bits per heavy atom. The van der Waals surface area contributed by atoms with Crippen LogP contribution in [0.25, 0.3) is 10.8 Å². The maximum Gasteiger partial charge on any atom is 0.317 e. The molecular weight excluding hydrogens is 374 g/mol. The first-order valence-electron chi connectivity index (χ1n) is 11.2. The molecule has 154 valence electrons. The largest absolute Gasteiger partial charge is 0.500 e. The van der Waals surface area contributed by atoms with Gasteiger partial charge in [0, 0.05) is 31.0 Å². The molecule has 2 fully saturated rings. The first-order valence-corrected chi connectivity index (χ1v) is 11.2. The topological polar surface area (TPSA) is 58.4 Å². The number of hydrogen-bond acceptors (Lipinski definition) is 4. The van der Waals surface area contributed by atoms with E-state index in [0.717, 1.165) is 51.0 Å². The smallest absolute Gasteiger partial charge is 0.317 e. The molecule has 0 bridgehead atoms. The van der Waals surface area contributed by atoms with Gasteiger partial charge in [-0.25, -0.2) is 0 Å². The molecule has 1 aromatic heterocycles. The van der Waals surface area contributed by atoms with E-state index >= 15 is 0 Å². The maximum absolute atomic E-state index is 12.6. The van der Waals surface area contributed by atoms with Gasteiger partial charge in [-0.2, -0.15) is 4.98 Å². The average molecular weight is 402 g/mol. The minimum atomic E-state index is -0.477. The predicted molar refractivity (Wildman–Crippen MR) is 118 cm³/mol. The first kappa shape index (κ1) is 18.0. The van der Waals surface area contributed by atoms with Gasteiger partial charge in [-0.05, 0) is 42.0 Å². The molecule has 5 heteroatoms. The summed E-state index contributed by atoms with van der Waals surface area (Å²) in [6, 6.07) is 15.7. The van der Waals surface area contributed by atoms with Crippen molar-refractivity contribution in [3.05, 3.63) is 64.2 Å². The molecule has 0 unspecified atom stereocenters. The van der Waals surface area contributed by atoms with Gasteiger partial charge in [0.25, 0.3) is 0 Å². The van der Waals surface area contributed by atoms with E-state index in [1.54, 1.807) is 0 Å². The summed E-state index contributed by atoms with van der Waals surface area (Å²) in [7, 11) is 0. The predicted octanol–water partition coefficient (Wildman–Crippen LogP) is 4.14. The Morgan fingerprint density at radius 2 is 1.80 bits per heavy atom. The lowest BCUT2D eigenvalue weighted by Crippen LogP contribution is -2.30. The SMILES string of the molecule is O=c1nc(CC2(c3cccc4ccccc34)CCCC2)n2c(c1O)N(C1CC1)CC2. The second-order valence-electron chi connectivity index (χ2n) is 9.27. The zero-order chi connectivity index (χ0) is 20.3. The van der Waals surface area contributed by atoms with Gasteiger partial charge in [-0.3, -0.25) is 4.79 Å². The highest BCUT2D eigenvalue weighted by Crippen LogP contribution is 2.47. The molecule has 5 nitrogen and oxygen atoms in total. The molecule has 30 heavy (non-hydrogen) atoms. The summed E-state index contributed by atoms with van der Waals surface area (Å²) < 4.78 is 2.13. The summed E-state index contributed by atoms with van der Waals surface area (Å²) in [4.78, 5) is 19.2. The van der Waals surface area contributed by atoms with Gasteiger partial charge in [0.2, 0.25) is 5.75 Å². The Labute approximate surface area is 176 Å². The third-order valence-corrected chi connectivity index (χ3v) is 7.45. The van der Waals surface area contributed by atoms with Crippen LogP contribution in [0.3, 0.4) is 0 Å². The summed E-state index contributed by atoms with van der Waals surface area (Å²) in [5.74, 6) is 1.37. The van der Waals surface area contributed by atoms with Gasteiger partial charge in [-0.15, -0.1) is 0 Å². The van der Waals surface area contributed by atoms with Gasteiger partial charge in [0.05, 0.1) is 0 Å². The lowest BCUT2D eigenvalue weighted by Gasteiger charge is -2.32. The van der Waals surface area contributed by atoms with E-state index in [-0.39, 0.29) is 11.2 Å². The summed E-state index contributed by atoms with van der Waals surface area (Å²) in [6.45, 7) is 1.66. The highest BCUT2D eigenvalue weighted by atomic mass is 16.3. The monoisotopic (exact) mass is 401 g/mol. The Kier molecular flexibility index (Phi) is 3.95. The zero-order valence-electron chi connectivity index (χ0n) is 17.2. The molecule has 2 aromatic carbocycles.